The van der Waals surface area contributed by atoms with Crippen molar-refractivity contribution in [3.05, 3.63) is 5.32 Å². The molecule has 0 radical (unpaired) electrons. The Bertz CT molecular complexity index is 132. The normalized spacial score (nSPS) is 37.9. The minimum Gasteiger partial charge on any atom is -0.662 e. The molecule has 1 N–H and O–H groups in total. The van der Waals surface area contributed by atoms with Crippen molar-refractivity contribution in [2.45, 2.75) is 25.8 Å². The number of rotatable bonds is 3. The van der Waals surface area contributed by atoms with Crippen LogP contribution in [0.5, 0.6) is 0 Å². The number of hydrogen-bond acceptors (Lipinski definition) is 1. The molecule has 0 aromatic rings. The van der Waals surface area contributed by atoms with Crippen LogP contribution < -0.4 is 5.32 Å². The van der Waals surface area contributed by atoms with Crippen molar-refractivity contribution in [2.75, 3.05) is 19.6 Å². The van der Waals surface area contributed by atoms with Crippen LogP contribution in [0.1, 0.15) is 19.8 Å². The molecule has 0 aromatic carbocycles. The third-order valence-electron chi connectivity index (χ3n) is 2.83. The van der Waals surface area contributed by atoms with Crippen LogP contribution in [0.3, 0.4) is 0 Å². The molecule has 2 unspecified atom stereocenters. The van der Waals surface area contributed by atoms with Gasteiger partial charge in [0.15, 0.2) is 0 Å². The van der Waals surface area contributed by atoms with E-state index in [0.717, 1.165) is 31.0 Å². The lowest BCUT2D eigenvalue weighted by molar-refractivity contribution is 0.420. The Morgan fingerprint density at radius 2 is 2.18 bits per heavy atom. The number of hydrogen-bond donors (Lipinski definition) is 1. The van der Waals surface area contributed by atoms with Gasteiger partial charge in [-0.25, -0.2) is 0 Å². The third kappa shape index (κ3) is 1.94. The third-order valence-corrected chi connectivity index (χ3v) is 2.83. The zero-order chi connectivity index (χ0) is 7.68. The molecule has 1 heterocycles. The first-order valence-electron chi connectivity index (χ1n) is 4.73. The first-order chi connectivity index (χ1) is 5.36. The van der Waals surface area contributed by atoms with Crippen molar-refractivity contribution in [2.24, 2.45) is 11.8 Å². The summed E-state index contributed by atoms with van der Waals surface area (Å²) in [5, 5.41) is 7.97. The lowest BCUT2D eigenvalue weighted by atomic mass is 9.98. The topological polar surface area (TPSA) is 26.1 Å². The Labute approximate surface area is 68.7 Å². The molecule has 2 rings (SSSR count). The quantitative estimate of drug-likeness (QED) is 0.651. The molecular weight excluding hydrogens is 136 g/mol. The zero-order valence-electron chi connectivity index (χ0n) is 7.21. The van der Waals surface area contributed by atoms with Crippen LogP contribution in [0.25, 0.3) is 5.32 Å². The number of nitrogens with zero attached hydrogens (tertiary/aromatic N) is 1. The molecule has 0 amide bonds. The second-order valence-electron chi connectivity index (χ2n) is 4.01. The fourth-order valence-corrected chi connectivity index (χ4v) is 1.64. The predicted molar refractivity (Wildman–Crippen MR) is 46.8 cm³/mol. The van der Waals surface area contributed by atoms with Gasteiger partial charge in [-0.2, -0.15) is 0 Å². The van der Waals surface area contributed by atoms with Gasteiger partial charge in [0.05, 0.1) is 0 Å². The van der Waals surface area contributed by atoms with Gasteiger partial charge in [-0.3, -0.25) is 0 Å². The number of nitrogens with one attached hydrogen (secondary N) is 1. The second kappa shape index (κ2) is 3.11. The Morgan fingerprint density at radius 3 is 2.73 bits per heavy atom. The van der Waals surface area contributed by atoms with Crippen molar-refractivity contribution in [1.82, 2.24) is 5.32 Å². The van der Waals surface area contributed by atoms with E-state index in [9.17, 15) is 0 Å². The fraction of sp³-hybridized carbons (Fsp3) is 1.00. The fourth-order valence-electron chi connectivity index (χ4n) is 1.64. The molecule has 0 bridgehead atoms. The van der Waals surface area contributed by atoms with Gasteiger partial charge in [-0.05, 0) is 25.3 Å². The van der Waals surface area contributed by atoms with E-state index in [-0.39, 0.29) is 0 Å². The first-order valence-corrected chi connectivity index (χ1v) is 4.73. The highest BCUT2D eigenvalue weighted by molar-refractivity contribution is 4.98. The van der Waals surface area contributed by atoms with E-state index in [1.54, 1.807) is 0 Å². The van der Waals surface area contributed by atoms with Crippen molar-refractivity contribution >= 4 is 0 Å². The van der Waals surface area contributed by atoms with Gasteiger partial charge in [-0.15, -0.1) is 13.1 Å². The smallest absolute Gasteiger partial charge is 0.00683 e. The maximum absolute atomic E-state index is 4.40. The van der Waals surface area contributed by atoms with Crippen LogP contribution in [-0.2, 0) is 0 Å². The Hall–Kier alpha value is -0.0800. The Kier molecular flexibility index (Phi) is 2.14. The van der Waals surface area contributed by atoms with E-state index in [2.05, 4.69) is 17.6 Å². The summed E-state index contributed by atoms with van der Waals surface area (Å²) in [7, 11) is 0. The SMILES string of the molecule is CC1C[N-]CC1CNC1CC1. The van der Waals surface area contributed by atoms with Gasteiger partial charge in [0.2, 0.25) is 0 Å². The largest absolute Gasteiger partial charge is 0.662 e. The lowest BCUT2D eigenvalue weighted by Crippen LogP contribution is -2.27. The summed E-state index contributed by atoms with van der Waals surface area (Å²) in [6.45, 7) is 5.71. The van der Waals surface area contributed by atoms with E-state index < -0.39 is 0 Å². The summed E-state index contributed by atoms with van der Waals surface area (Å²) in [4.78, 5) is 0. The van der Waals surface area contributed by atoms with Gasteiger partial charge >= 0.3 is 0 Å². The van der Waals surface area contributed by atoms with Gasteiger partial charge < -0.3 is 10.6 Å². The van der Waals surface area contributed by atoms with Crippen LogP contribution in [0, 0.1) is 11.8 Å². The Morgan fingerprint density at radius 1 is 1.36 bits per heavy atom. The molecule has 2 fully saturated rings. The molecule has 2 nitrogen and oxygen atoms in total. The summed E-state index contributed by atoms with van der Waals surface area (Å²) >= 11 is 0. The van der Waals surface area contributed by atoms with Crippen molar-refractivity contribution in [1.29, 1.82) is 0 Å². The van der Waals surface area contributed by atoms with E-state index in [1.807, 2.05) is 0 Å². The monoisotopic (exact) mass is 153 g/mol. The second-order valence-corrected chi connectivity index (χ2v) is 4.01. The summed E-state index contributed by atoms with van der Waals surface area (Å²) < 4.78 is 0. The molecule has 1 aliphatic heterocycles. The van der Waals surface area contributed by atoms with E-state index >= 15 is 0 Å². The maximum atomic E-state index is 4.40. The molecule has 1 aliphatic carbocycles. The summed E-state index contributed by atoms with van der Waals surface area (Å²) in [5.74, 6) is 1.65. The van der Waals surface area contributed by atoms with Crippen molar-refractivity contribution in [3.63, 3.8) is 0 Å². The molecule has 1 saturated heterocycles. The molecule has 2 aliphatic rings. The summed E-state index contributed by atoms with van der Waals surface area (Å²) in [6, 6.07) is 0.864. The molecule has 2 atom stereocenters. The van der Waals surface area contributed by atoms with Gasteiger partial charge in [0.25, 0.3) is 0 Å². The lowest BCUT2D eigenvalue weighted by Gasteiger charge is -2.17. The molecule has 64 valence electrons. The zero-order valence-corrected chi connectivity index (χ0v) is 7.21. The van der Waals surface area contributed by atoms with Crippen LogP contribution in [0.4, 0.5) is 0 Å². The minimum atomic E-state index is 0.821. The highest BCUT2D eigenvalue weighted by Gasteiger charge is 2.23. The molecule has 2 heteroatoms. The van der Waals surface area contributed by atoms with Gasteiger partial charge in [0.1, 0.15) is 0 Å². The van der Waals surface area contributed by atoms with Crippen LogP contribution in [0.2, 0.25) is 0 Å². The van der Waals surface area contributed by atoms with Gasteiger partial charge in [0, 0.05) is 6.04 Å². The standard InChI is InChI=1S/C9H17N2/c1-7-4-10-5-8(7)6-11-9-2-3-9/h7-9,11H,2-6H2,1H3/q-1. The first kappa shape index (κ1) is 7.56. The van der Waals surface area contributed by atoms with Crippen LogP contribution in [-0.4, -0.2) is 25.7 Å². The molecule has 0 aromatic heterocycles. The molecule has 0 spiro atoms. The van der Waals surface area contributed by atoms with Crippen molar-refractivity contribution < 1.29 is 0 Å². The van der Waals surface area contributed by atoms with Crippen LogP contribution in [0.15, 0.2) is 0 Å². The summed E-state index contributed by atoms with van der Waals surface area (Å²) in [6.07, 6.45) is 2.80. The highest BCUT2D eigenvalue weighted by Crippen LogP contribution is 2.25. The van der Waals surface area contributed by atoms with E-state index in [1.165, 1.54) is 19.4 Å². The summed E-state index contributed by atoms with van der Waals surface area (Å²) in [5.41, 5.74) is 0. The van der Waals surface area contributed by atoms with Crippen LogP contribution >= 0.6 is 0 Å². The minimum absolute atomic E-state index is 0.821. The molecule has 1 saturated carbocycles. The average Bonchev–Trinajstić information content (AvgIpc) is 2.73. The van der Waals surface area contributed by atoms with E-state index in [4.69, 9.17) is 0 Å². The Balaban J connectivity index is 1.67. The highest BCUT2D eigenvalue weighted by atomic mass is 15.0. The van der Waals surface area contributed by atoms with Crippen molar-refractivity contribution in [3.8, 4) is 0 Å². The predicted octanol–water partition coefficient (Wildman–Crippen LogP) is 1.38. The molecule has 11 heavy (non-hydrogen) atoms. The molecular formula is C9H17N2-. The maximum Gasteiger partial charge on any atom is 0.00683 e. The van der Waals surface area contributed by atoms with E-state index in [0.29, 0.717) is 0 Å². The van der Waals surface area contributed by atoms with Gasteiger partial charge in [-0.1, -0.05) is 12.8 Å². The average molecular weight is 153 g/mol.